The first-order valence-corrected chi connectivity index (χ1v) is 4.95. The maximum atomic E-state index is 13.1. The second-order valence-electron chi connectivity index (χ2n) is 2.56. The van der Waals surface area contributed by atoms with E-state index in [-0.39, 0.29) is 5.56 Å². The molecule has 0 heterocycles. The lowest BCUT2D eigenvalue weighted by Crippen LogP contribution is -2.05. The number of hydrogen-bond acceptors (Lipinski definition) is 1. The van der Waals surface area contributed by atoms with Crippen LogP contribution >= 0.6 is 15.9 Å². The van der Waals surface area contributed by atoms with E-state index in [1.54, 1.807) is 0 Å². The van der Waals surface area contributed by atoms with Gasteiger partial charge >= 0.3 is 5.97 Å². The molecule has 0 aliphatic carbocycles. The van der Waals surface area contributed by atoms with Gasteiger partial charge in [-0.05, 0) is 12.1 Å². The Kier molecular flexibility index (Phi) is 3.81. The van der Waals surface area contributed by atoms with Gasteiger partial charge in [-0.3, -0.25) is 0 Å². The summed E-state index contributed by atoms with van der Waals surface area (Å²) in [5, 5.41) is 8.86. The maximum Gasteiger partial charge on any atom is 0.341 e. The summed E-state index contributed by atoms with van der Waals surface area (Å²) in [5.74, 6) is 1.14. The minimum Gasteiger partial charge on any atom is -0.477 e. The molecule has 0 amide bonds. The lowest BCUT2D eigenvalue weighted by molar-refractivity contribution is 0.0686. The number of hydrogen-bond donors (Lipinski definition) is 1. The van der Waals surface area contributed by atoms with E-state index >= 15 is 0 Å². The van der Waals surface area contributed by atoms with Crippen LogP contribution in [0.15, 0.2) is 12.1 Å². The fourth-order valence-corrected chi connectivity index (χ4v) is 1.13. The highest BCUT2D eigenvalue weighted by atomic mass is 79.9. The third-order valence-electron chi connectivity index (χ3n) is 1.56. The van der Waals surface area contributed by atoms with E-state index in [1.165, 1.54) is 0 Å². The van der Waals surface area contributed by atoms with Gasteiger partial charge in [-0.1, -0.05) is 27.8 Å². The Balaban J connectivity index is 3.25. The zero-order valence-electron chi connectivity index (χ0n) is 7.35. The molecule has 1 aromatic carbocycles. The highest BCUT2D eigenvalue weighted by molar-refractivity contribution is 9.09. The molecule has 1 rings (SSSR count). The topological polar surface area (TPSA) is 37.3 Å². The second kappa shape index (κ2) is 4.89. The quantitative estimate of drug-likeness (QED) is 0.631. The summed E-state index contributed by atoms with van der Waals surface area (Å²) in [6, 6.07) is 1.78. The average Bonchev–Trinajstić information content (AvgIpc) is 2.12. The predicted octanol–water partition coefficient (Wildman–Crippen LogP) is 2.41. The Morgan fingerprint density at radius 2 is 1.93 bits per heavy atom. The third kappa shape index (κ3) is 2.77. The van der Waals surface area contributed by atoms with Gasteiger partial charge in [0.15, 0.2) is 0 Å². The van der Waals surface area contributed by atoms with E-state index in [0.29, 0.717) is 5.33 Å². The van der Waals surface area contributed by atoms with Gasteiger partial charge in [0.05, 0.1) is 5.33 Å². The smallest absolute Gasteiger partial charge is 0.341 e. The fraction of sp³-hybridized carbons (Fsp3) is 0.100. The summed E-state index contributed by atoms with van der Waals surface area (Å²) >= 11 is 3.03. The zero-order chi connectivity index (χ0) is 11.4. The lowest BCUT2D eigenvalue weighted by Gasteiger charge is -1.99. The first kappa shape index (κ1) is 11.7. The highest BCUT2D eigenvalue weighted by Crippen LogP contribution is 2.14. The van der Waals surface area contributed by atoms with Crippen molar-refractivity contribution < 1.29 is 18.7 Å². The Labute approximate surface area is 93.0 Å². The van der Waals surface area contributed by atoms with Crippen LogP contribution in [0.5, 0.6) is 0 Å². The minimum absolute atomic E-state index is 0.106. The molecular weight excluding hydrogens is 270 g/mol. The van der Waals surface area contributed by atoms with Crippen LogP contribution < -0.4 is 0 Å². The van der Waals surface area contributed by atoms with Crippen molar-refractivity contribution in [3.63, 3.8) is 0 Å². The van der Waals surface area contributed by atoms with E-state index in [4.69, 9.17) is 5.11 Å². The van der Waals surface area contributed by atoms with Crippen molar-refractivity contribution in [2.45, 2.75) is 0 Å². The fourth-order valence-electron chi connectivity index (χ4n) is 0.985. The van der Waals surface area contributed by atoms with Crippen molar-refractivity contribution in [1.82, 2.24) is 0 Å². The van der Waals surface area contributed by atoms with Crippen LogP contribution in [0.4, 0.5) is 8.78 Å². The molecular formula is C10H5BrF2O2. The average molecular weight is 275 g/mol. The summed E-state index contributed by atoms with van der Waals surface area (Å²) in [5.41, 5.74) is -0.853. The molecule has 1 aromatic rings. The van der Waals surface area contributed by atoms with Crippen molar-refractivity contribution in [2.75, 3.05) is 5.33 Å². The largest absolute Gasteiger partial charge is 0.477 e. The van der Waals surface area contributed by atoms with Crippen molar-refractivity contribution >= 4 is 21.9 Å². The van der Waals surface area contributed by atoms with E-state index in [1.807, 2.05) is 0 Å². The van der Waals surface area contributed by atoms with Crippen LogP contribution in [0.2, 0.25) is 0 Å². The van der Waals surface area contributed by atoms with Gasteiger partial charge < -0.3 is 5.11 Å². The molecule has 0 aliphatic heterocycles. The van der Waals surface area contributed by atoms with Gasteiger partial charge in [-0.2, -0.15) is 0 Å². The summed E-state index contributed by atoms with van der Waals surface area (Å²) < 4.78 is 26.2. The summed E-state index contributed by atoms with van der Waals surface area (Å²) in [6.45, 7) is 0. The minimum atomic E-state index is -1.63. The van der Waals surface area contributed by atoms with Crippen LogP contribution in [0.1, 0.15) is 15.9 Å². The van der Waals surface area contributed by atoms with Gasteiger partial charge in [-0.25, -0.2) is 13.6 Å². The van der Waals surface area contributed by atoms with E-state index in [2.05, 4.69) is 27.8 Å². The van der Waals surface area contributed by atoms with Crippen LogP contribution in [0, 0.1) is 23.5 Å². The number of carboxylic acid groups (broad SMARTS) is 1. The molecule has 0 fully saturated rings. The van der Waals surface area contributed by atoms with Gasteiger partial charge in [-0.15, -0.1) is 0 Å². The molecule has 2 nitrogen and oxygen atoms in total. The second-order valence-corrected chi connectivity index (χ2v) is 3.12. The Morgan fingerprint density at radius 1 is 1.40 bits per heavy atom. The number of rotatable bonds is 1. The number of halogens is 3. The van der Waals surface area contributed by atoms with Crippen LogP contribution in [0.25, 0.3) is 0 Å². The van der Waals surface area contributed by atoms with E-state index in [0.717, 1.165) is 12.1 Å². The van der Waals surface area contributed by atoms with Crippen molar-refractivity contribution in [1.29, 1.82) is 0 Å². The standard InChI is InChI=1S/C10H5BrF2O2/c11-3-1-2-6-4-7(12)9(10(14)15)8(13)5-6/h4-5H,3H2,(H,14,15). The Hall–Kier alpha value is -1.41. The predicted molar refractivity (Wildman–Crippen MR) is 54.0 cm³/mol. The van der Waals surface area contributed by atoms with Gasteiger partial charge in [0.2, 0.25) is 0 Å². The maximum absolute atomic E-state index is 13.1. The Bertz CT molecular complexity index is 437. The summed E-state index contributed by atoms with van der Waals surface area (Å²) in [4.78, 5) is 10.4. The van der Waals surface area contributed by atoms with E-state index in [9.17, 15) is 13.6 Å². The SMILES string of the molecule is O=C(O)c1c(F)cc(C#CCBr)cc1F. The molecule has 78 valence electrons. The monoisotopic (exact) mass is 274 g/mol. The van der Waals surface area contributed by atoms with Crippen molar-refractivity contribution in [3.05, 3.63) is 34.9 Å². The Morgan fingerprint density at radius 3 is 2.33 bits per heavy atom. The molecule has 0 aliphatic rings. The highest BCUT2D eigenvalue weighted by Gasteiger charge is 2.16. The number of alkyl halides is 1. The summed E-state index contributed by atoms with van der Waals surface area (Å²) in [6.07, 6.45) is 0. The normalized spacial score (nSPS) is 9.27. The van der Waals surface area contributed by atoms with Crippen molar-refractivity contribution in [3.8, 4) is 11.8 Å². The van der Waals surface area contributed by atoms with Crippen LogP contribution in [0.3, 0.4) is 0 Å². The van der Waals surface area contributed by atoms with E-state index < -0.39 is 23.2 Å². The van der Waals surface area contributed by atoms with Gasteiger partial charge in [0, 0.05) is 5.56 Å². The number of aromatic carboxylic acids is 1. The molecule has 0 aromatic heterocycles. The van der Waals surface area contributed by atoms with Crippen molar-refractivity contribution in [2.24, 2.45) is 0 Å². The molecule has 0 saturated carbocycles. The third-order valence-corrected chi connectivity index (χ3v) is 1.84. The number of carbonyl (C=O) groups is 1. The first-order chi connectivity index (χ1) is 7.06. The van der Waals surface area contributed by atoms with Crippen LogP contribution in [-0.2, 0) is 0 Å². The molecule has 0 saturated heterocycles. The molecule has 5 heteroatoms. The number of carboxylic acids is 1. The zero-order valence-corrected chi connectivity index (χ0v) is 8.94. The molecule has 0 bridgehead atoms. The first-order valence-electron chi connectivity index (χ1n) is 3.83. The molecule has 15 heavy (non-hydrogen) atoms. The van der Waals surface area contributed by atoms with Gasteiger partial charge in [0.25, 0.3) is 0 Å². The van der Waals surface area contributed by atoms with Gasteiger partial charge in [0.1, 0.15) is 17.2 Å². The number of benzene rings is 1. The molecule has 1 N–H and O–H groups in total. The molecule has 0 spiro atoms. The lowest BCUT2D eigenvalue weighted by atomic mass is 10.1. The molecule has 0 atom stereocenters. The molecule has 0 unspecified atom stereocenters. The summed E-state index contributed by atoms with van der Waals surface area (Å²) in [7, 11) is 0. The molecule has 0 radical (unpaired) electrons. The van der Waals surface area contributed by atoms with Crippen LogP contribution in [-0.4, -0.2) is 16.4 Å².